The number of rotatable bonds is 2. The van der Waals surface area contributed by atoms with Gasteiger partial charge in [0.2, 0.25) is 0 Å². The normalized spacial score (nSPS) is 13.8. The first kappa shape index (κ1) is 19.8. The summed E-state index contributed by atoms with van der Waals surface area (Å²) in [5, 5.41) is 0. The van der Waals surface area contributed by atoms with Crippen molar-refractivity contribution in [3.8, 4) is 0 Å². The Balaban J connectivity index is 3.71. The standard InChI is InChI=1S/C12H6F9NO2/c1-24-9(23)4-6(10(13,14)15)5-2-7(11(16,17)18)22-8(3-5)12(19,20)21/h2-4H,1H3. The van der Waals surface area contributed by atoms with Crippen LogP contribution in [0.3, 0.4) is 0 Å². The minimum atomic E-state index is -5.43. The molecule has 0 saturated heterocycles. The zero-order valence-electron chi connectivity index (χ0n) is 11.4. The second-order valence-corrected chi connectivity index (χ2v) is 4.20. The molecule has 1 aromatic heterocycles. The molecule has 0 aliphatic heterocycles. The van der Waals surface area contributed by atoms with Crippen LogP contribution in [0.25, 0.3) is 5.57 Å². The van der Waals surface area contributed by atoms with E-state index in [1.807, 2.05) is 0 Å². The van der Waals surface area contributed by atoms with Gasteiger partial charge in [-0.25, -0.2) is 9.78 Å². The average molecular weight is 367 g/mol. The molecule has 0 spiro atoms. The Bertz CT molecular complexity index is 624. The Morgan fingerprint density at radius 1 is 0.958 bits per heavy atom. The van der Waals surface area contributed by atoms with Gasteiger partial charge in [-0.2, -0.15) is 39.5 Å². The van der Waals surface area contributed by atoms with Crippen LogP contribution in [0, 0.1) is 0 Å². The molecule has 0 N–H and O–H groups in total. The van der Waals surface area contributed by atoms with Crippen LogP contribution in [0.15, 0.2) is 18.2 Å². The van der Waals surface area contributed by atoms with Gasteiger partial charge in [0.15, 0.2) is 0 Å². The van der Waals surface area contributed by atoms with Crippen LogP contribution in [-0.4, -0.2) is 24.2 Å². The predicted molar refractivity (Wildman–Crippen MR) is 60.3 cm³/mol. The number of carbonyl (C=O) groups is 1. The number of methoxy groups -OCH3 is 1. The van der Waals surface area contributed by atoms with Crippen molar-refractivity contribution in [1.82, 2.24) is 4.98 Å². The van der Waals surface area contributed by atoms with Crippen molar-refractivity contribution in [2.24, 2.45) is 0 Å². The molecule has 0 amide bonds. The van der Waals surface area contributed by atoms with Crippen molar-refractivity contribution in [1.29, 1.82) is 0 Å². The summed E-state index contributed by atoms with van der Waals surface area (Å²) in [7, 11) is 0.682. The van der Waals surface area contributed by atoms with Gasteiger partial charge >= 0.3 is 24.5 Å². The summed E-state index contributed by atoms with van der Waals surface area (Å²) in [6.07, 6.45) is -16.5. The highest BCUT2D eigenvalue weighted by molar-refractivity contribution is 5.92. The number of ether oxygens (including phenoxy) is 1. The number of aromatic nitrogens is 1. The molecule has 24 heavy (non-hydrogen) atoms. The third-order valence-electron chi connectivity index (χ3n) is 2.49. The summed E-state index contributed by atoms with van der Waals surface area (Å²) in [5.74, 6) is -1.61. The van der Waals surface area contributed by atoms with Gasteiger partial charge in [-0.3, -0.25) is 0 Å². The van der Waals surface area contributed by atoms with Crippen molar-refractivity contribution in [2.45, 2.75) is 18.5 Å². The molecule has 1 heterocycles. The molecule has 0 unspecified atom stereocenters. The third-order valence-corrected chi connectivity index (χ3v) is 2.49. The molecule has 0 atom stereocenters. The maximum atomic E-state index is 12.9. The summed E-state index contributed by atoms with van der Waals surface area (Å²) < 4.78 is 118. The second kappa shape index (κ2) is 6.32. The highest BCUT2D eigenvalue weighted by Gasteiger charge is 2.42. The van der Waals surface area contributed by atoms with E-state index >= 15 is 0 Å². The minimum absolute atomic E-state index is 0.239. The molecule has 1 aromatic rings. The topological polar surface area (TPSA) is 39.2 Å². The molecule has 0 saturated carbocycles. The molecule has 3 nitrogen and oxygen atoms in total. The Labute approximate surface area is 127 Å². The molecule has 0 bridgehead atoms. The smallest absolute Gasteiger partial charge is 0.433 e. The number of pyridine rings is 1. The predicted octanol–water partition coefficient (Wildman–Crippen LogP) is 4.24. The number of hydrogen-bond donors (Lipinski definition) is 0. The fraction of sp³-hybridized carbons (Fsp3) is 0.333. The second-order valence-electron chi connectivity index (χ2n) is 4.20. The van der Waals surface area contributed by atoms with E-state index in [1.54, 1.807) is 0 Å². The van der Waals surface area contributed by atoms with E-state index in [1.165, 1.54) is 0 Å². The maximum absolute atomic E-state index is 12.9. The fourth-order valence-corrected chi connectivity index (χ4v) is 1.48. The SMILES string of the molecule is COC(=O)C=C(c1cc(C(F)(F)F)nc(C(F)(F)F)c1)C(F)(F)F. The largest absolute Gasteiger partial charge is 0.466 e. The number of carbonyl (C=O) groups excluding carboxylic acids is 1. The Kier molecular flexibility index (Phi) is 5.21. The zero-order valence-corrected chi connectivity index (χ0v) is 11.4. The van der Waals surface area contributed by atoms with Crippen LogP contribution in [-0.2, 0) is 21.9 Å². The summed E-state index contributed by atoms with van der Waals surface area (Å²) in [5.41, 5.74) is -7.94. The van der Waals surface area contributed by atoms with Gasteiger partial charge in [-0.15, -0.1) is 0 Å². The molecular weight excluding hydrogens is 361 g/mol. The van der Waals surface area contributed by atoms with Crippen LogP contribution in [0.1, 0.15) is 17.0 Å². The van der Waals surface area contributed by atoms with E-state index < -0.39 is 47.0 Å². The number of allylic oxidation sites excluding steroid dienone is 1. The minimum Gasteiger partial charge on any atom is -0.466 e. The zero-order chi connectivity index (χ0) is 18.9. The first-order valence-electron chi connectivity index (χ1n) is 5.70. The van der Waals surface area contributed by atoms with Crippen molar-refractivity contribution >= 4 is 11.5 Å². The van der Waals surface area contributed by atoms with Crippen molar-refractivity contribution < 1.29 is 49.0 Å². The molecule has 0 aliphatic carbocycles. The van der Waals surface area contributed by atoms with Gasteiger partial charge in [-0.05, 0) is 17.7 Å². The summed E-state index contributed by atoms with van der Waals surface area (Å²) >= 11 is 0. The van der Waals surface area contributed by atoms with Crippen LogP contribution < -0.4 is 0 Å². The Hall–Kier alpha value is -2.27. The van der Waals surface area contributed by atoms with Gasteiger partial charge in [0.1, 0.15) is 11.4 Å². The van der Waals surface area contributed by atoms with E-state index in [0.29, 0.717) is 7.11 Å². The molecule has 134 valence electrons. The van der Waals surface area contributed by atoms with Crippen LogP contribution in [0.4, 0.5) is 39.5 Å². The lowest BCUT2D eigenvalue weighted by atomic mass is 10.0. The molecule has 0 aliphatic rings. The number of hydrogen-bond acceptors (Lipinski definition) is 3. The Morgan fingerprint density at radius 3 is 1.67 bits per heavy atom. The van der Waals surface area contributed by atoms with Gasteiger partial charge in [0.25, 0.3) is 0 Å². The lowest BCUT2D eigenvalue weighted by molar-refractivity contribution is -0.150. The van der Waals surface area contributed by atoms with E-state index in [9.17, 15) is 44.3 Å². The summed E-state index contributed by atoms with van der Waals surface area (Å²) in [4.78, 5) is 13.2. The number of halogens is 9. The Morgan fingerprint density at radius 2 is 1.38 bits per heavy atom. The van der Waals surface area contributed by atoms with Crippen molar-refractivity contribution in [3.05, 3.63) is 35.2 Å². The number of alkyl halides is 9. The quantitative estimate of drug-likeness (QED) is 0.446. The molecule has 0 radical (unpaired) electrons. The number of nitrogens with zero attached hydrogens (tertiary/aromatic N) is 1. The monoisotopic (exact) mass is 367 g/mol. The first-order chi connectivity index (χ1) is 10.7. The van der Waals surface area contributed by atoms with Crippen LogP contribution in [0.5, 0.6) is 0 Å². The van der Waals surface area contributed by atoms with Gasteiger partial charge in [-0.1, -0.05) is 0 Å². The van der Waals surface area contributed by atoms with Gasteiger partial charge in [0, 0.05) is 6.08 Å². The maximum Gasteiger partial charge on any atom is 0.433 e. The highest BCUT2D eigenvalue weighted by Crippen LogP contribution is 2.39. The highest BCUT2D eigenvalue weighted by atomic mass is 19.4. The van der Waals surface area contributed by atoms with E-state index in [-0.39, 0.29) is 18.2 Å². The summed E-state index contributed by atoms with van der Waals surface area (Å²) in [6.45, 7) is 0. The molecule has 0 fully saturated rings. The first-order valence-corrected chi connectivity index (χ1v) is 5.70. The van der Waals surface area contributed by atoms with Crippen molar-refractivity contribution in [2.75, 3.05) is 7.11 Å². The molecule has 0 aromatic carbocycles. The van der Waals surface area contributed by atoms with E-state index in [2.05, 4.69) is 9.72 Å². The molecule has 12 heteroatoms. The van der Waals surface area contributed by atoms with Crippen molar-refractivity contribution in [3.63, 3.8) is 0 Å². The average Bonchev–Trinajstić information content (AvgIpc) is 2.40. The third kappa shape index (κ3) is 4.86. The molecule has 1 rings (SSSR count). The van der Waals surface area contributed by atoms with Crippen LogP contribution in [0.2, 0.25) is 0 Å². The van der Waals surface area contributed by atoms with Gasteiger partial charge in [0.05, 0.1) is 12.7 Å². The lowest BCUT2D eigenvalue weighted by Crippen LogP contribution is -2.19. The fourth-order valence-electron chi connectivity index (χ4n) is 1.48. The number of esters is 1. The summed E-state index contributed by atoms with van der Waals surface area (Å²) in [6, 6.07) is -0.477. The van der Waals surface area contributed by atoms with Crippen LogP contribution >= 0.6 is 0 Å². The van der Waals surface area contributed by atoms with E-state index in [0.717, 1.165) is 0 Å². The molecular formula is C12H6F9NO2. The van der Waals surface area contributed by atoms with E-state index in [4.69, 9.17) is 0 Å². The lowest BCUT2D eigenvalue weighted by Gasteiger charge is -2.16. The van der Waals surface area contributed by atoms with Gasteiger partial charge < -0.3 is 4.74 Å².